The third kappa shape index (κ3) is 2.67. The Morgan fingerprint density at radius 3 is 2.57 bits per heavy atom. The molecule has 2 heterocycles. The maximum Gasteiger partial charge on any atom is 0.147 e. The molecule has 1 N–H and O–H groups in total. The summed E-state index contributed by atoms with van der Waals surface area (Å²) in [6, 6.07) is 0. The second kappa shape index (κ2) is 6.93. The lowest BCUT2D eigenvalue weighted by molar-refractivity contribution is -0.455. The highest BCUT2D eigenvalue weighted by molar-refractivity contribution is 5.48. The number of fused-ring (bicyclic) bond motifs is 2. The topological polar surface area (TPSA) is 38.7 Å². The first-order valence-electron chi connectivity index (χ1n) is 12.6. The molecule has 4 aliphatic carbocycles. The summed E-state index contributed by atoms with van der Waals surface area (Å²) in [5.41, 5.74) is 0.802. The van der Waals surface area contributed by atoms with Gasteiger partial charge < -0.3 is 5.11 Å². The van der Waals surface area contributed by atoms with Crippen LogP contribution in [0.1, 0.15) is 92.4 Å². The lowest BCUT2D eigenvalue weighted by atomic mass is 9.46. The molecule has 6 rings (SSSR count). The summed E-state index contributed by atoms with van der Waals surface area (Å²) in [7, 11) is 0. The highest BCUT2D eigenvalue weighted by atomic mass is 17.2. The van der Waals surface area contributed by atoms with Crippen molar-refractivity contribution < 1.29 is 14.9 Å². The number of aliphatic hydroxyl groups is 1. The van der Waals surface area contributed by atoms with E-state index >= 15 is 0 Å². The van der Waals surface area contributed by atoms with Gasteiger partial charge in [0.05, 0.1) is 6.10 Å². The molecule has 2 saturated carbocycles. The van der Waals surface area contributed by atoms with Crippen molar-refractivity contribution in [3.05, 3.63) is 23.8 Å². The summed E-state index contributed by atoms with van der Waals surface area (Å²) in [5.74, 6) is 2.81. The van der Waals surface area contributed by atoms with Gasteiger partial charge in [0, 0.05) is 17.8 Å². The van der Waals surface area contributed by atoms with Crippen LogP contribution < -0.4 is 0 Å². The number of hydrogen-bond acceptors (Lipinski definition) is 3. The summed E-state index contributed by atoms with van der Waals surface area (Å²) in [5, 5.41) is 10.4. The predicted octanol–water partition coefficient (Wildman–Crippen LogP) is 6.37. The molecule has 168 valence electrons. The van der Waals surface area contributed by atoms with Crippen LogP contribution in [-0.2, 0) is 9.78 Å². The van der Waals surface area contributed by atoms with Crippen LogP contribution in [0.3, 0.4) is 0 Å². The second-order valence-electron chi connectivity index (χ2n) is 12.3. The normalized spacial score (nSPS) is 50.1. The molecule has 6 unspecified atom stereocenters. The molecule has 8 atom stereocenters. The number of allylic oxidation sites excluding steroid dienone is 1. The van der Waals surface area contributed by atoms with E-state index in [1.54, 1.807) is 0 Å². The summed E-state index contributed by atoms with van der Waals surface area (Å²) in [6.07, 6.45) is 17.1. The van der Waals surface area contributed by atoms with E-state index in [0.717, 1.165) is 30.6 Å². The van der Waals surface area contributed by atoms with E-state index in [1.165, 1.54) is 44.1 Å². The van der Waals surface area contributed by atoms with Crippen LogP contribution in [0.15, 0.2) is 23.8 Å². The number of rotatable bonds is 5. The summed E-state index contributed by atoms with van der Waals surface area (Å²) in [4.78, 5) is 12.7. The highest BCUT2D eigenvalue weighted by Gasteiger charge is 2.71. The van der Waals surface area contributed by atoms with E-state index in [2.05, 4.69) is 52.8 Å². The van der Waals surface area contributed by atoms with Crippen LogP contribution in [0.5, 0.6) is 0 Å². The van der Waals surface area contributed by atoms with Gasteiger partial charge in [-0.25, -0.2) is 9.78 Å². The number of hydrogen-bond donors (Lipinski definition) is 1. The van der Waals surface area contributed by atoms with Gasteiger partial charge in [0.25, 0.3) is 0 Å². The first kappa shape index (κ1) is 21.2. The summed E-state index contributed by atoms with van der Waals surface area (Å²) < 4.78 is 0. The van der Waals surface area contributed by atoms with Crippen molar-refractivity contribution in [2.75, 3.05) is 0 Å². The smallest absolute Gasteiger partial charge is 0.147 e. The molecule has 0 radical (unpaired) electrons. The largest absolute Gasteiger partial charge is 0.393 e. The quantitative estimate of drug-likeness (QED) is 0.419. The Morgan fingerprint density at radius 1 is 1.07 bits per heavy atom. The Labute approximate surface area is 183 Å². The maximum atomic E-state index is 10.4. The fraction of sp³-hybridized carbons (Fsp3) is 0.852. The monoisotopic (exact) mass is 414 g/mol. The van der Waals surface area contributed by atoms with Crippen LogP contribution in [0.2, 0.25) is 0 Å². The predicted molar refractivity (Wildman–Crippen MR) is 120 cm³/mol. The molecule has 1 saturated heterocycles. The van der Waals surface area contributed by atoms with Crippen molar-refractivity contribution in [3.63, 3.8) is 0 Å². The Morgan fingerprint density at radius 2 is 1.87 bits per heavy atom. The molecular weight excluding hydrogens is 372 g/mol. The fourth-order valence-corrected chi connectivity index (χ4v) is 8.42. The third-order valence-corrected chi connectivity index (χ3v) is 10.2. The zero-order valence-electron chi connectivity index (χ0n) is 19.7. The fourth-order valence-electron chi connectivity index (χ4n) is 8.42. The SMILES string of the molecule is CC(C)CCCC(C)C1CCC2C1(C)CC=C1C3(C)CCC(O)C[C@]34C=C[C@@]12OO4. The molecule has 3 heteroatoms. The van der Waals surface area contributed by atoms with Crippen LogP contribution >= 0.6 is 0 Å². The molecule has 0 aromatic rings. The van der Waals surface area contributed by atoms with E-state index in [4.69, 9.17) is 9.78 Å². The third-order valence-electron chi connectivity index (χ3n) is 10.2. The maximum absolute atomic E-state index is 10.4. The number of aliphatic hydroxyl groups excluding tert-OH is 1. The minimum Gasteiger partial charge on any atom is -0.393 e. The molecule has 0 amide bonds. The molecule has 3 nitrogen and oxygen atoms in total. The Bertz CT molecular complexity index is 755. The van der Waals surface area contributed by atoms with Crippen molar-refractivity contribution in [2.45, 2.75) is 110 Å². The van der Waals surface area contributed by atoms with Crippen LogP contribution in [0.4, 0.5) is 0 Å². The molecule has 0 aromatic heterocycles. The van der Waals surface area contributed by atoms with Gasteiger partial charge in [-0.05, 0) is 73.0 Å². The van der Waals surface area contributed by atoms with Crippen molar-refractivity contribution in [3.8, 4) is 0 Å². The van der Waals surface area contributed by atoms with Gasteiger partial charge in [-0.2, -0.15) is 0 Å². The van der Waals surface area contributed by atoms with Crippen LogP contribution in [-0.4, -0.2) is 22.4 Å². The van der Waals surface area contributed by atoms with Crippen molar-refractivity contribution in [1.29, 1.82) is 0 Å². The first-order valence-corrected chi connectivity index (χ1v) is 12.6. The minimum absolute atomic E-state index is 0.0540. The van der Waals surface area contributed by atoms with E-state index in [1.807, 2.05) is 0 Å². The Balaban J connectivity index is 1.45. The zero-order chi connectivity index (χ0) is 21.4. The van der Waals surface area contributed by atoms with Gasteiger partial charge in [-0.3, -0.25) is 0 Å². The molecular formula is C27H42O3. The van der Waals surface area contributed by atoms with Gasteiger partial charge >= 0.3 is 0 Å². The lowest BCUT2D eigenvalue weighted by Crippen LogP contribution is -2.69. The minimum atomic E-state index is -0.492. The average Bonchev–Trinajstić information content (AvgIpc) is 3.05. The lowest BCUT2D eigenvalue weighted by Gasteiger charge is -2.66. The Hall–Kier alpha value is -0.640. The summed E-state index contributed by atoms with van der Waals surface area (Å²) in [6.45, 7) is 12.1. The molecule has 30 heavy (non-hydrogen) atoms. The van der Waals surface area contributed by atoms with Crippen molar-refractivity contribution in [2.24, 2.45) is 34.5 Å². The van der Waals surface area contributed by atoms with Gasteiger partial charge in [-0.1, -0.05) is 60.0 Å². The Kier molecular flexibility index (Phi) is 4.90. The molecule has 6 aliphatic rings. The molecule has 0 aromatic carbocycles. The van der Waals surface area contributed by atoms with Crippen molar-refractivity contribution in [1.82, 2.24) is 0 Å². The first-order chi connectivity index (χ1) is 14.2. The zero-order valence-corrected chi connectivity index (χ0v) is 19.7. The molecule has 2 aliphatic heterocycles. The van der Waals surface area contributed by atoms with Crippen molar-refractivity contribution >= 4 is 0 Å². The van der Waals surface area contributed by atoms with E-state index in [-0.39, 0.29) is 16.9 Å². The summed E-state index contributed by atoms with van der Waals surface area (Å²) >= 11 is 0. The molecule has 3 fully saturated rings. The van der Waals surface area contributed by atoms with E-state index < -0.39 is 11.2 Å². The van der Waals surface area contributed by atoms with Crippen LogP contribution in [0.25, 0.3) is 0 Å². The van der Waals surface area contributed by atoms with E-state index in [9.17, 15) is 5.11 Å². The molecule has 2 spiro atoms. The second-order valence-corrected chi connectivity index (χ2v) is 12.3. The van der Waals surface area contributed by atoms with Gasteiger partial charge in [-0.15, -0.1) is 0 Å². The van der Waals surface area contributed by atoms with E-state index in [0.29, 0.717) is 12.3 Å². The highest BCUT2D eigenvalue weighted by Crippen LogP contribution is 2.71. The van der Waals surface area contributed by atoms with Gasteiger partial charge in [0.15, 0.2) is 0 Å². The van der Waals surface area contributed by atoms with Gasteiger partial charge in [0.1, 0.15) is 11.2 Å². The average molecular weight is 415 g/mol. The van der Waals surface area contributed by atoms with Crippen LogP contribution in [0, 0.1) is 34.5 Å². The molecule has 2 bridgehead atoms. The van der Waals surface area contributed by atoms with Gasteiger partial charge in [0.2, 0.25) is 0 Å². The standard InChI is InChI=1S/C27H42O3/c1-18(2)7-6-8-19(3)21-9-10-22-24(21,4)13-12-23-25(5)14-11-20(28)17-26(25)15-16-27(22,23)30-29-26/h12,15-16,18-22,28H,6-11,13-14,17H2,1-5H3/t19?,20?,21?,22?,24?,25?,26-,27+/m1/s1.